The van der Waals surface area contributed by atoms with Crippen LogP contribution in [-0.2, 0) is 14.3 Å². The fourth-order valence-corrected chi connectivity index (χ4v) is 2.01. The summed E-state index contributed by atoms with van der Waals surface area (Å²) in [5.41, 5.74) is 0.599. The van der Waals surface area contributed by atoms with Gasteiger partial charge in [0.2, 0.25) is 5.75 Å². The number of methoxy groups -OCH3 is 3. The first kappa shape index (κ1) is 21.8. The van der Waals surface area contributed by atoms with Crippen LogP contribution in [-0.4, -0.2) is 51.9 Å². The molecule has 0 bridgehead atoms. The first-order valence-electron chi connectivity index (χ1n) is 8.05. The highest BCUT2D eigenvalue weighted by Gasteiger charge is 2.13. The molecule has 1 aromatic carbocycles. The van der Waals surface area contributed by atoms with E-state index in [9.17, 15) is 14.4 Å². The monoisotopic (exact) mass is 380 g/mol. The third-order valence-corrected chi connectivity index (χ3v) is 3.12. The van der Waals surface area contributed by atoms with E-state index in [1.807, 2.05) is 5.32 Å². The molecule has 9 heteroatoms. The average Bonchev–Trinajstić information content (AvgIpc) is 2.62. The number of carbonyl (C=O) groups is 3. The molecule has 2 N–H and O–H groups in total. The first-order valence-corrected chi connectivity index (χ1v) is 8.05. The van der Waals surface area contributed by atoms with Crippen molar-refractivity contribution in [1.82, 2.24) is 10.6 Å². The van der Waals surface area contributed by atoms with E-state index in [2.05, 4.69) is 5.32 Å². The Bertz CT molecular complexity index is 689. The Morgan fingerprint density at radius 2 is 1.63 bits per heavy atom. The number of hydrogen-bond acceptors (Lipinski definition) is 7. The summed E-state index contributed by atoms with van der Waals surface area (Å²) in [4.78, 5) is 34.6. The van der Waals surface area contributed by atoms with Gasteiger partial charge in [-0.1, -0.05) is 0 Å². The largest absolute Gasteiger partial charge is 0.493 e. The molecule has 0 heterocycles. The number of carbonyl (C=O) groups excluding carboxylic acids is 3. The normalized spacial score (nSPS) is 10.4. The van der Waals surface area contributed by atoms with Crippen molar-refractivity contribution in [3.05, 3.63) is 23.8 Å². The maximum absolute atomic E-state index is 11.7. The van der Waals surface area contributed by atoms with Crippen LogP contribution in [0, 0.1) is 0 Å². The molecule has 0 saturated heterocycles. The van der Waals surface area contributed by atoms with Crippen molar-refractivity contribution in [1.29, 1.82) is 0 Å². The molecule has 0 atom stereocenters. The highest BCUT2D eigenvalue weighted by molar-refractivity contribution is 5.96. The quantitative estimate of drug-likeness (QED) is 0.519. The van der Waals surface area contributed by atoms with Crippen molar-refractivity contribution in [3.8, 4) is 17.2 Å². The standard InChI is InChI=1S/C18H24N2O7/c1-11(2)19-18(23)20-15(21)10-27-16(22)7-6-12-8-13(24-3)17(26-5)14(9-12)25-4/h6-9,11H,10H2,1-5H3,(H2,19,20,21,23). The van der Waals surface area contributed by atoms with Gasteiger partial charge in [0.1, 0.15) is 0 Å². The molecule has 3 amide bonds. The lowest BCUT2D eigenvalue weighted by atomic mass is 10.1. The fourth-order valence-electron chi connectivity index (χ4n) is 2.01. The van der Waals surface area contributed by atoms with Gasteiger partial charge in [-0.25, -0.2) is 9.59 Å². The maximum atomic E-state index is 11.7. The number of amides is 3. The van der Waals surface area contributed by atoms with E-state index in [0.717, 1.165) is 6.08 Å². The van der Waals surface area contributed by atoms with Crippen molar-refractivity contribution >= 4 is 24.0 Å². The summed E-state index contributed by atoms with van der Waals surface area (Å²) in [5, 5.41) is 4.53. The molecular weight excluding hydrogens is 356 g/mol. The summed E-state index contributed by atoms with van der Waals surface area (Å²) in [6.07, 6.45) is 2.61. The Hall–Kier alpha value is -3.23. The summed E-state index contributed by atoms with van der Waals surface area (Å²) in [6, 6.07) is 2.52. The second-order valence-corrected chi connectivity index (χ2v) is 5.58. The number of rotatable bonds is 8. The zero-order chi connectivity index (χ0) is 20.4. The minimum absolute atomic E-state index is 0.123. The van der Waals surface area contributed by atoms with Crippen LogP contribution in [0.15, 0.2) is 18.2 Å². The predicted molar refractivity (Wildman–Crippen MR) is 97.9 cm³/mol. The lowest BCUT2D eigenvalue weighted by molar-refractivity contribution is -0.143. The van der Waals surface area contributed by atoms with Gasteiger partial charge in [0.15, 0.2) is 18.1 Å². The highest BCUT2D eigenvalue weighted by Crippen LogP contribution is 2.38. The molecular formula is C18H24N2O7. The van der Waals surface area contributed by atoms with Crippen molar-refractivity contribution < 1.29 is 33.3 Å². The predicted octanol–water partition coefficient (Wildman–Crippen LogP) is 1.50. The van der Waals surface area contributed by atoms with Crippen molar-refractivity contribution in [2.45, 2.75) is 19.9 Å². The first-order chi connectivity index (χ1) is 12.8. The minimum atomic E-state index is -0.747. The number of esters is 1. The molecule has 0 aliphatic heterocycles. The number of hydrogen-bond donors (Lipinski definition) is 2. The second-order valence-electron chi connectivity index (χ2n) is 5.58. The Morgan fingerprint density at radius 3 is 2.11 bits per heavy atom. The van der Waals surface area contributed by atoms with E-state index >= 15 is 0 Å². The number of urea groups is 1. The average molecular weight is 380 g/mol. The van der Waals surface area contributed by atoms with Crippen LogP contribution < -0.4 is 24.8 Å². The summed E-state index contributed by atoms with van der Waals surface area (Å²) in [7, 11) is 4.44. The number of imide groups is 1. The molecule has 0 saturated carbocycles. The third kappa shape index (κ3) is 7.27. The summed E-state index contributed by atoms with van der Waals surface area (Å²) >= 11 is 0. The molecule has 0 unspecified atom stereocenters. The molecule has 0 aromatic heterocycles. The second kappa shape index (κ2) is 10.7. The number of ether oxygens (including phenoxy) is 4. The molecule has 0 radical (unpaired) electrons. The summed E-state index contributed by atoms with van der Waals surface area (Å²) in [5.74, 6) is -0.192. The van der Waals surface area contributed by atoms with Gasteiger partial charge in [0.25, 0.3) is 5.91 Å². The van der Waals surface area contributed by atoms with E-state index < -0.39 is 24.5 Å². The Balaban J connectivity index is 2.65. The van der Waals surface area contributed by atoms with Crippen LogP contribution in [0.5, 0.6) is 17.2 Å². The molecule has 0 fully saturated rings. The van der Waals surface area contributed by atoms with Crippen LogP contribution in [0.2, 0.25) is 0 Å². The van der Waals surface area contributed by atoms with Crippen molar-refractivity contribution in [3.63, 3.8) is 0 Å². The molecule has 0 spiro atoms. The lowest BCUT2D eigenvalue weighted by Gasteiger charge is -2.12. The third-order valence-electron chi connectivity index (χ3n) is 3.12. The molecule has 9 nitrogen and oxygen atoms in total. The van der Waals surface area contributed by atoms with Gasteiger partial charge in [0, 0.05) is 12.1 Å². The van der Waals surface area contributed by atoms with Crippen molar-refractivity contribution in [2.24, 2.45) is 0 Å². The summed E-state index contributed by atoms with van der Waals surface area (Å²) in [6.45, 7) is 2.92. The van der Waals surface area contributed by atoms with Gasteiger partial charge in [-0.3, -0.25) is 10.1 Å². The summed E-state index contributed by atoms with van der Waals surface area (Å²) < 4.78 is 20.4. The Morgan fingerprint density at radius 1 is 1.04 bits per heavy atom. The van der Waals surface area contributed by atoms with Crippen LogP contribution in [0.3, 0.4) is 0 Å². The topological polar surface area (TPSA) is 112 Å². The molecule has 1 rings (SSSR count). The molecule has 0 aliphatic rings. The fraction of sp³-hybridized carbons (Fsp3) is 0.389. The van der Waals surface area contributed by atoms with Gasteiger partial charge in [-0.2, -0.15) is 0 Å². The SMILES string of the molecule is COc1cc(C=CC(=O)OCC(=O)NC(=O)NC(C)C)cc(OC)c1OC. The van der Waals surface area contributed by atoms with Gasteiger partial charge >= 0.3 is 12.0 Å². The zero-order valence-corrected chi connectivity index (χ0v) is 16.0. The number of nitrogens with one attached hydrogen (secondary N) is 2. The van der Waals surface area contributed by atoms with Crippen LogP contribution in [0.1, 0.15) is 19.4 Å². The molecule has 148 valence electrons. The van der Waals surface area contributed by atoms with Crippen molar-refractivity contribution in [2.75, 3.05) is 27.9 Å². The number of benzene rings is 1. The van der Waals surface area contributed by atoms with E-state index in [0.29, 0.717) is 22.8 Å². The molecule has 27 heavy (non-hydrogen) atoms. The zero-order valence-electron chi connectivity index (χ0n) is 16.0. The van der Waals surface area contributed by atoms with Gasteiger partial charge in [0.05, 0.1) is 21.3 Å². The van der Waals surface area contributed by atoms with Gasteiger partial charge in [-0.05, 0) is 37.6 Å². The maximum Gasteiger partial charge on any atom is 0.331 e. The van der Waals surface area contributed by atoms with E-state index in [1.54, 1.807) is 26.0 Å². The molecule has 1 aromatic rings. The van der Waals surface area contributed by atoms with Gasteiger partial charge in [-0.15, -0.1) is 0 Å². The van der Waals surface area contributed by atoms with Gasteiger partial charge < -0.3 is 24.3 Å². The van der Waals surface area contributed by atoms with Crippen LogP contribution in [0.4, 0.5) is 4.79 Å². The highest BCUT2D eigenvalue weighted by atomic mass is 16.5. The Labute approximate surface area is 157 Å². The van der Waals surface area contributed by atoms with E-state index in [4.69, 9.17) is 18.9 Å². The van der Waals surface area contributed by atoms with Crippen LogP contribution in [0.25, 0.3) is 6.08 Å². The molecule has 0 aliphatic carbocycles. The van der Waals surface area contributed by atoms with E-state index in [-0.39, 0.29) is 6.04 Å². The Kier molecular flexibility index (Phi) is 8.64. The smallest absolute Gasteiger partial charge is 0.331 e. The van der Waals surface area contributed by atoms with E-state index in [1.165, 1.54) is 27.4 Å². The van der Waals surface area contributed by atoms with Crippen LogP contribution >= 0.6 is 0 Å². The minimum Gasteiger partial charge on any atom is -0.493 e. The lowest BCUT2D eigenvalue weighted by Crippen LogP contribution is -2.43.